The number of carboxylic acids is 1. The van der Waals surface area contributed by atoms with Crippen molar-refractivity contribution in [2.75, 3.05) is 0 Å². The summed E-state index contributed by atoms with van der Waals surface area (Å²) in [5, 5.41) is 9.10. The largest absolute Gasteiger partial charge is 0.478 e. The lowest BCUT2D eigenvalue weighted by Crippen LogP contribution is -2.44. The van der Waals surface area contributed by atoms with Gasteiger partial charge in [-0.25, -0.2) is 9.18 Å². The van der Waals surface area contributed by atoms with E-state index in [0.717, 1.165) is 5.56 Å². The van der Waals surface area contributed by atoms with Gasteiger partial charge < -0.3 is 10.0 Å². The molecular weight excluding hydrogens is 399 g/mol. The molecule has 0 spiro atoms. The number of carboxylic acid groups (broad SMARTS) is 1. The van der Waals surface area contributed by atoms with Gasteiger partial charge in [0.05, 0.1) is 11.6 Å². The number of pyridine rings is 1. The Balaban J connectivity index is 1.73. The Labute approximate surface area is 178 Å². The van der Waals surface area contributed by atoms with E-state index in [2.05, 4.69) is 4.98 Å². The van der Waals surface area contributed by atoms with Crippen molar-refractivity contribution in [2.45, 2.75) is 25.4 Å². The predicted molar refractivity (Wildman–Crippen MR) is 110 cm³/mol. The van der Waals surface area contributed by atoms with E-state index in [1.165, 1.54) is 35.2 Å². The van der Waals surface area contributed by atoms with Crippen LogP contribution in [0.25, 0.3) is 0 Å². The fraction of sp³-hybridized carbons (Fsp3) is 0.167. The molecule has 1 aromatic heterocycles. The summed E-state index contributed by atoms with van der Waals surface area (Å²) in [4.78, 5) is 43.3. The lowest BCUT2D eigenvalue weighted by atomic mass is 9.98. The third-order valence-corrected chi connectivity index (χ3v) is 5.38. The minimum Gasteiger partial charge on any atom is -0.478 e. The van der Waals surface area contributed by atoms with E-state index in [9.17, 15) is 18.8 Å². The zero-order chi connectivity index (χ0) is 22.0. The second-order valence-corrected chi connectivity index (χ2v) is 7.46. The number of ketones is 1. The van der Waals surface area contributed by atoms with E-state index < -0.39 is 17.8 Å². The van der Waals surface area contributed by atoms with Gasteiger partial charge in [0.25, 0.3) is 5.91 Å². The number of carbonyl (C=O) groups is 3. The smallest absolute Gasteiger partial charge is 0.335 e. The van der Waals surface area contributed by atoms with Gasteiger partial charge in [-0.15, -0.1) is 0 Å². The average molecular weight is 418 g/mol. The Kier molecular flexibility index (Phi) is 5.58. The highest BCUT2D eigenvalue weighted by atomic mass is 19.1. The fourth-order valence-corrected chi connectivity index (χ4v) is 3.79. The van der Waals surface area contributed by atoms with Crippen LogP contribution in [-0.2, 0) is 24.2 Å². The third kappa shape index (κ3) is 4.35. The molecule has 1 N–H and O–H groups in total. The lowest BCUT2D eigenvalue weighted by Gasteiger charge is -2.29. The normalized spacial score (nSPS) is 16.0. The van der Waals surface area contributed by atoms with Gasteiger partial charge in [0.1, 0.15) is 5.82 Å². The molecule has 31 heavy (non-hydrogen) atoms. The van der Waals surface area contributed by atoms with Crippen molar-refractivity contribution in [3.05, 3.63) is 101 Å². The molecule has 0 aliphatic carbocycles. The molecule has 1 aliphatic heterocycles. The molecule has 6 nitrogen and oxygen atoms in total. The number of benzene rings is 2. The molecule has 0 unspecified atom stereocenters. The third-order valence-electron chi connectivity index (χ3n) is 5.38. The van der Waals surface area contributed by atoms with Gasteiger partial charge >= 0.3 is 5.97 Å². The molecule has 0 bridgehead atoms. The Morgan fingerprint density at radius 2 is 1.87 bits per heavy atom. The van der Waals surface area contributed by atoms with E-state index >= 15 is 0 Å². The Morgan fingerprint density at radius 3 is 2.55 bits per heavy atom. The maximum atomic E-state index is 13.8. The second-order valence-electron chi connectivity index (χ2n) is 7.46. The van der Waals surface area contributed by atoms with E-state index in [0.29, 0.717) is 16.7 Å². The summed E-state index contributed by atoms with van der Waals surface area (Å²) < 4.78 is 13.8. The lowest BCUT2D eigenvalue weighted by molar-refractivity contribution is -0.122. The standard InChI is InChI=1S/C24H19FN2O4/c25-19-7-8-20-18(11-19)12-22(28)21(10-16-2-1-9-26-13-16)27(23(20)29)14-15-3-5-17(6-4-15)24(30)31/h1-9,11,13,21H,10,12,14H2,(H,30,31)/t21-/m1/s1. The van der Waals surface area contributed by atoms with Crippen LogP contribution >= 0.6 is 0 Å². The van der Waals surface area contributed by atoms with Crippen LogP contribution in [0.1, 0.15) is 37.4 Å². The van der Waals surface area contributed by atoms with Crippen LogP contribution in [0.15, 0.2) is 67.0 Å². The number of fused-ring (bicyclic) bond motifs is 1. The van der Waals surface area contributed by atoms with Crippen LogP contribution in [0.4, 0.5) is 4.39 Å². The molecule has 1 aliphatic rings. The topological polar surface area (TPSA) is 87.6 Å². The van der Waals surface area contributed by atoms with E-state index in [-0.39, 0.29) is 36.6 Å². The van der Waals surface area contributed by atoms with Gasteiger partial charge in [-0.1, -0.05) is 18.2 Å². The summed E-state index contributed by atoms with van der Waals surface area (Å²) in [5.41, 5.74) is 2.29. The molecule has 2 aromatic carbocycles. The zero-order valence-corrected chi connectivity index (χ0v) is 16.5. The van der Waals surface area contributed by atoms with Crippen molar-refractivity contribution in [1.29, 1.82) is 0 Å². The van der Waals surface area contributed by atoms with Crippen molar-refractivity contribution in [3.63, 3.8) is 0 Å². The van der Waals surface area contributed by atoms with Crippen molar-refractivity contribution in [2.24, 2.45) is 0 Å². The highest BCUT2D eigenvalue weighted by Crippen LogP contribution is 2.25. The first-order valence-electron chi connectivity index (χ1n) is 9.75. The second kappa shape index (κ2) is 8.47. The van der Waals surface area contributed by atoms with Crippen molar-refractivity contribution >= 4 is 17.7 Å². The van der Waals surface area contributed by atoms with Gasteiger partial charge in [-0.2, -0.15) is 0 Å². The summed E-state index contributed by atoms with van der Waals surface area (Å²) in [7, 11) is 0. The Morgan fingerprint density at radius 1 is 1.10 bits per heavy atom. The zero-order valence-electron chi connectivity index (χ0n) is 16.5. The molecular formula is C24H19FN2O4. The monoisotopic (exact) mass is 418 g/mol. The molecule has 3 aromatic rings. The highest BCUT2D eigenvalue weighted by molar-refractivity contribution is 6.03. The van der Waals surface area contributed by atoms with Crippen LogP contribution < -0.4 is 0 Å². The summed E-state index contributed by atoms with van der Waals surface area (Å²) in [5.74, 6) is -2.10. The Bertz CT molecular complexity index is 1150. The summed E-state index contributed by atoms with van der Waals surface area (Å²) in [6.45, 7) is 0.117. The van der Waals surface area contributed by atoms with E-state index in [1.807, 2.05) is 6.07 Å². The van der Waals surface area contributed by atoms with Crippen LogP contribution in [0.5, 0.6) is 0 Å². The predicted octanol–water partition coefficient (Wildman–Crippen LogP) is 3.30. The molecule has 1 atom stereocenters. The SMILES string of the molecule is O=C(O)c1ccc(CN2C(=O)c3ccc(F)cc3CC(=O)[C@H]2Cc2cccnc2)cc1. The van der Waals surface area contributed by atoms with Gasteiger partial charge in [0, 0.05) is 37.3 Å². The first-order chi connectivity index (χ1) is 14.9. The average Bonchev–Trinajstić information content (AvgIpc) is 2.85. The summed E-state index contributed by atoms with van der Waals surface area (Å²) in [6, 6.07) is 12.9. The number of carbonyl (C=O) groups excluding carboxylic acids is 2. The molecule has 1 amide bonds. The first kappa shape index (κ1) is 20.4. The van der Waals surface area contributed by atoms with Gasteiger partial charge in [0.2, 0.25) is 0 Å². The number of Topliss-reactive ketones (excluding diaryl/α,β-unsaturated/α-hetero) is 1. The minimum absolute atomic E-state index is 0.0434. The van der Waals surface area contributed by atoms with Gasteiger partial charge in [0.15, 0.2) is 5.78 Å². The maximum Gasteiger partial charge on any atom is 0.335 e. The summed E-state index contributed by atoms with van der Waals surface area (Å²) in [6.07, 6.45) is 3.51. The molecule has 0 saturated heterocycles. The number of rotatable bonds is 5. The van der Waals surface area contributed by atoms with Crippen LogP contribution in [0, 0.1) is 5.82 Å². The molecule has 0 fully saturated rings. The molecule has 7 heteroatoms. The van der Waals surface area contributed by atoms with E-state index in [1.54, 1.807) is 30.6 Å². The van der Waals surface area contributed by atoms with E-state index in [4.69, 9.17) is 5.11 Å². The number of hydrogen-bond acceptors (Lipinski definition) is 4. The van der Waals surface area contributed by atoms with Crippen molar-refractivity contribution < 1.29 is 23.9 Å². The van der Waals surface area contributed by atoms with Crippen LogP contribution in [0.2, 0.25) is 0 Å². The molecule has 0 saturated carbocycles. The first-order valence-corrected chi connectivity index (χ1v) is 9.75. The number of aromatic carboxylic acids is 1. The minimum atomic E-state index is -1.04. The van der Waals surface area contributed by atoms with Crippen molar-refractivity contribution in [1.82, 2.24) is 9.88 Å². The Hall–Kier alpha value is -3.87. The number of amides is 1. The van der Waals surface area contributed by atoms with Gasteiger partial charge in [-0.3, -0.25) is 14.6 Å². The number of nitrogens with zero attached hydrogens (tertiary/aromatic N) is 2. The highest BCUT2D eigenvalue weighted by Gasteiger charge is 2.35. The van der Waals surface area contributed by atoms with Gasteiger partial charge in [-0.05, 0) is 53.1 Å². The quantitative estimate of drug-likeness (QED) is 0.687. The summed E-state index contributed by atoms with van der Waals surface area (Å²) >= 11 is 0. The molecule has 0 radical (unpaired) electrons. The number of hydrogen-bond donors (Lipinski definition) is 1. The number of aromatic nitrogens is 1. The van der Waals surface area contributed by atoms with Crippen LogP contribution in [0.3, 0.4) is 0 Å². The molecule has 4 rings (SSSR count). The van der Waals surface area contributed by atoms with Crippen molar-refractivity contribution in [3.8, 4) is 0 Å². The molecule has 2 heterocycles. The van der Waals surface area contributed by atoms with Crippen LogP contribution in [-0.4, -0.2) is 38.7 Å². The fourth-order valence-electron chi connectivity index (χ4n) is 3.79. The molecule has 156 valence electrons. The maximum absolute atomic E-state index is 13.8. The number of halogens is 1.